The molecule has 1 aliphatic rings. The van der Waals surface area contributed by atoms with Crippen molar-refractivity contribution in [2.24, 2.45) is 5.92 Å². The Balaban J connectivity index is 1.56. The second-order valence-corrected chi connectivity index (χ2v) is 6.31. The van der Waals surface area contributed by atoms with E-state index in [1.165, 1.54) is 12.1 Å². The van der Waals surface area contributed by atoms with Crippen LogP contribution in [-0.2, 0) is 11.3 Å². The minimum atomic E-state index is -1.14. The van der Waals surface area contributed by atoms with Crippen molar-refractivity contribution in [3.63, 3.8) is 0 Å². The molecular formula is C16H13Cl2NO4. The van der Waals surface area contributed by atoms with Gasteiger partial charge in [-0.1, -0.05) is 23.2 Å². The van der Waals surface area contributed by atoms with Crippen molar-refractivity contribution in [1.29, 1.82) is 0 Å². The molecule has 23 heavy (non-hydrogen) atoms. The third-order valence-corrected chi connectivity index (χ3v) is 4.19. The Bertz CT molecular complexity index is 751. The average molecular weight is 354 g/mol. The van der Waals surface area contributed by atoms with Crippen molar-refractivity contribution in [2.75, 3.05) is 0 Å². The highest BCUT2D eigenvalue weighted by molar-refractivity contribution is 6.34. The molecule has 0 radical (unpaired) electrons. The number of carbonyl (C=O) groups is 2. The molecule has 3 rings (SSSR count). The molecule has 2 aromatic rings. The van der Waals surface area contributed by atoms with Gasteiger partial charge >= 0.3 is 5.97 Å². The van der Waals surface area contributed by atoms with Crippen molar-refractivity contribution in [3.8, 4) is 0 Å². The van der Waals surface area contributed by atoms with E-state index in [-0.39, 0.29) is 30.0 Å². The number of rotatable bonds is 5. The molecule has 0 saturated heterocycles. The molecule has 1 aromatic carbocycles. The normalized spacial score (nSPS) is 19.4. The zero-order valence-corrected chi connectivity index (χ0v) is 13.4. The van der Waals surface area contributed by atoms with Gasteiger partial charge in [0.15, 0.2) is 0 Å². The van der Waals surface area contributed by atoms with Gasteiger partial charge in [0.25, 0.3) is 0 Å². The van der Waals surface area contributed by atoms with Crippen molar-refractivity contribution in [3.05, 3.63) is 57.5 Å². The Morgan fingerprint density at radius 3 is 2.52 bits per heavy atom. The van der Waals surface area contributed by atoms with Gasteiger partial charge in [-0.15, -0.1) is 0 Å². The maximum Gasteiger partial charge on any atom is 0.371 e. The van der Waals surface area contributed by atoms with Crippen molar-refractivity contribution < 1.29 is 19.1 Å². The Morgan fingerprint density at radius 2 is 1.91 bits per heavy atom. The summed E-state index contributed by atoms with van der Waals surface area (Å²) >= 11 is 11.9. The lowest BCUT2D eigenvalue weighted by Gasteiger charge is -2.04. The number of carbonyl (C=O) groups excluding carboxylic acids is 1. The lowest BCUT2D eigenvalue weighted by molar-refractivity contribution is -0.122. The monoisotopic (exact) mass is 353 g/mol. The Hall–Kier alpha value is -1.98. The predicted molar refractivity (Wildman–Crippen MR) is 84.8 cm³/mol. The fraction of sp³-hybridized carbons (Fsp3) is 0.250. The van der Waals surface area contributed by atoms with Gasteiger partial charge in [-0.3, -0.25) is 4.79 Å². The zero-order valence-electron chi connectivity index (χ0n) is 11.9. The topological polar surface area (TPSA) is 79.5 Å². The summed E-state index contributed by atoms with van der Waals surface area (Å²) in [5.41, 5.74) is 0.953. The number of benzene rings is 1. The largest absolute Gasteiger partial charge is 0.475 e. The molecule has 1 fully saturated rings. The van der Waals surface area contributed by atoms with E-state index in [2.05, 4.69) is 5.32 Å². The summed E-state index contributed by atoms with van der Waals surface area (Å²) in [5, 5.41) is 12.6. The van der Waals surface area contributed by atoms with Gasteiger partial charge in [0, 0.05) is 16.0 Å². The number of hydrogen-bond donors (Lipinski definition) is 2. The maximum absolute atomic E-state index is 12.1. The van der Waals surface area contributed by atoms with Gasteiger partial charge in [-0.2, -0.15) is 0 Å². The number of carboxylic acids is 1. The summed E-state index contributed by atoms with van der Waals surface area (Å²) in [6, 6.07) is 8.18. The quantitative estimate of drug-likeness (QED) is 0.858. The highest BCUT2D eigenvalue weighted by Gasteiger charge is 2.44. The molecule has 0 bridgehead atoms. The van der Waals surface area contributed by atoms with Crippen LogP contribution >= 0.6 is 23.2 Å². The van der Waals surface area contributed by atoms with Crippen LogP contribution in [0.2, 0.25) is 10.0 Å². The Kier molecular flexibility index (Phi) is 4.33. The van der Waals surface area contributed by atoms with E-state index in [4.69, 9.17) is 32.7 Å². The molecule has 0 spiro atoms. The summed E-state index contributed by atoms with van der Waals surface area (Å²) in [7, 11) is 0. The molecule has 2 atom stereocenters. The standard InChI is InChI=1S/C16H13Cl2NO4/c17-9-3-8(4-10(18)5-9)12-6-13(12)15(20)19-7-11-1-2-14(23-11)16(21)22/h1-5,12-13H,6-7H2,(H,19,20)(H,21,22). The van der Waals surface area contributed by atoms with Crippen LogP contribution in [0.4, 0.5) is 0 Å². The average Bonchev–Trinajstić information content (AvgIpc) is 3.14. The van der Waals surface area contributed by atoms with Crippen LogP contribution in [0.15, 0.2) is 34.7 Å². The van der Waals surface area contributed by atoms with Crippen LogP contribution < -0.4 is 5.32 Å². The fourth-order valence-corrected chi connectivity index (χ4v) is 3.08. The number of aromatic carboxylic acids is 1. The Morgan fingerprint density at radius 1 is 1.22 bits per heavy atom. The van der Waals surface area contributed by atoms with Crippen molar-refractivity contribution >= 4 is 35.1 Å². The molecule has 1 amide bonds. The highest BCUT2D eigenvalue weighted by Crippen LogP contribution is 2.48. The van der Waals surface area contributed by atoms with Gasteiger partial charge < -0.3 is 14.8 Å². The first-order valence-corrected chi connectivity index (χ1v) is 7.75. The predicted octanol–water partition coefficient (Wildman–Crippen LogP) is 3.70. The lowest BCUT2D eigenvalue weighted by Crippen LogP contribution is -2.24. The maximum atomic E-state index is 12.1. The summed E-state index contributed by atoms with van der Waals surface area (Å²) in [6.07, 6.45) is 0.737. The number of halogens is 2. The first-order chi connectivity index (χ1) is 10.9. The van der Waals surface area contributed by atoms with Crippen LogP contribution in [0, 0.1) is 5.92 Å². The fourth-order valence-electron chi connectivity index (χ4n) is 2.54. The molecule has 2 unspecified atom stereocenters. The molecule has 1 aliphatic carbocycles. The molecule has 1 heterocycles. The van der Waals surface area contributed by atoms with Gasteiger partial charge in [0.1, 0.15) is 5.76 Å². The molecule has 1 saturated carbocycles. The van der Waals surface area contributed by atoms with E-state index in [1.54, 1.807) is 6.07 Å². The van der Waals surface area contributed by atoms with Gasteiger partial charge in [-0.05, 0) is 48.2 Å². The van der Waals surface area contributed by atoms with Crippen LogP contribution in [0.5, 0.6) is 0 Å². The van der Waals surface area contributed by atoms with Crippen LogP contribution in [0.3, 0.4) is 0 Å². The summed E-state index contributed by atoms with van der Waals surface area (Å²) in [6.45, 7) is 0.158. The SMILES string of the molecule is O=C(O)c1ccc(CNC(=O)C2CC2c2cc(Cl)cc(Cl)c2)o1. The summed E-state index contributed by atoms with van der Waals surface area (Å²) in [4.78, 5) is 22.9. The summed E-state index contributed by atoms with van der Waals surface area (Å²) in [5.74, 6) is -0.997. The number of amides is 1. The number of hydrogen-bond acceptors (Lipinski definition) is 3. The van der Waals surface area contributed by atoms with E-state index >= 15 is 0 Å². The smallest absolute Gasteiger partial charge is 0.371 e. The highest BCUT2D eigenvalue weighted by atomic mass is 35.5. The summed E-state index contributed by atoms with van der Waals surface area (Å²) < 4.78 is 5.09. The van der Waals surface area contributed by atoms with E-state index in [9.17, 15) is 9.59 Å². The van der Waals surface area contributed by atoms with Crippen LogP contribution in [0.25, 0.3) is 0 Å². The minimum absolute atomic E-state index is 0.0978. The van der Waals surface area contributed by atoms with Gasteiger partial charge in [-0.25, -0.2) is 4.79 Å². The Labute approximate surface area is 142 Å². The molecule has 120 valence electrons. The van der Waals surface area contributed by atoms with Crippen LogP contribution in [-0.4, -0.2) is 17.0 Å². The molecule has 2 N–H and O–H groups in total. The van der Waals surface area contributed by atoms with Gasteiger partial charge in [0.2, 0.25) is 11.7 Å². The van der Waals surface area contributed by atoms with E-state index < -0.39 is 5.97 Å². The van der Waals surface area contributed by atoms with E-state index in [1.807, 2.05) is 12.1 Å². The third kappa shape index (κ3) is 3.68. The van der Waals surface area contributed by atoms with Crippen molar-refractivity contribution in [1.82, 2.24) is 5.32 Å². The molecule has 5 nitrogen and oxygen atoms in total. The molecular weight excluding hydrogens is 341 g/mol. The molecule has 1 aromatic heterocycles. The van der Waals surface area contributed by atoms with Crippen molar-refractivity contribution in [2.45, 2.75) is 18.9 Å². The van der Waals surface area contributed by atoms with Crippen LogP contribution in [0.1, 0.15) is 34.2 Å². The molecule has 0 aliphatic heterocycles. The lowest BCUT2D eigenvalue weighted by atomic mass is 10.1. The second kappa shape index (κ2) is 6.26. The molecule has 7 heteroatoms. The first kappa shape index (κ1) is 15.9. The first-order valence-electron chi connectivity index (χ1n) is 7.00. The number of furan rings is 1. The number of carboxylic acid groups (broad SMARTS) is 1. The number of nitrogens with one attached hydrogen (secondary N) is 1. The minimum Gasteiger partial charge on any atom is -0.475 e. The van der Waals surface area contributed by atoms with E-state index in [0.717, 1.165) is 12.0 Å². The second-order valence-electron chi connectivity index (χ2n) is 5.44. The van der Waals surface area contributed by atoms with E-state index in [0.29, 0.717) is 15.8 Å². The third-order valence-electron chi connectivity index (χ3n) is 3.75. The van der Waals surface area contributed by atoms with Gasteiger partial charge in [0.05, 0.1) is 6.54 Å². The zero-order chi connectivity index (χ0) is 16.6.